The molecule has 0 aliphatic heterocycles. The largest absolute Gasteiger partial charge is 0.462 e. The average molecular weight is 1080 g/mol. The molecule has 0 aromatic carbocycles. The second-order valence-electron chi connectivity index (χ2n) is 21.7. The zero-order valence-corrected chi connectivity index (χ0v) is 51.2. The summed E-state index contributed by atoms with van der Waals surface area (Å²) in [6, 6.07) is 0. The number of unbranched alkanes of at least 4 members (excludes halogenated alkanes) is 30. The fraction of sp³-hybridized carbons (Fsp3) is 0.708. The number of rotatable bonds is 59. The molecule has 0 spiro atoms. The molecule has 0 saturated carbocycles. The van der Waals surface area contributed by atoms with Crippen molar-refractivity contribution in [2.45, 2.75) is 316 Å². The summed E-state index contributed by atoms with van der Waals surface area (Å²) >= 11 is 0. The molecule has 0 saturated heterocycles. The van der Waals surface area contributed by atoms with Crippen LogP contribution in [0, 0.1) is 0 Å². The lowest BCUT2D eigenvalue weighted by Gasteiger charge is -2.18. The predicted molar refractivity (Wildman–Crippen MR) is 339 cm³/mol. The van der Waals surface area contributed by atoms with Gasteiger partial charge in [0.2, 0.25) is 0 Å². The Morgan fingerprint density at radius 3 is 0.782 bits per heavy atom. The maximum atomic E-state index is 12.8. The van der Waals surface area contributed by atoms with Gasteiger partial charge < -0.3 is 14.2 Å². The lowest BCUT2D eigenvalue weighted by atomic mass is 10.0. The van der Waals surface area contributed by atoms with Gasteiger partial charge in [-0.2, -0.15) is 0 Å². The van der Waals surface area contributed by atoms with Crippen molar-refractivity contribution in [3.8, 4) is 0 Å². The lowest BCUT2D eigenvalue weighted by molar-refractivity contribution is -0.167. The Labute approximate surface area is 482 Å². The molecule has 78 heavy (non-hydrogen) atoms. The summed E-state index contributed by atoms with van der Waals surface area (Å²) < 4.78 is 16.7. The highest BCUT2D eigenvalue weighted by Crippen LogP contribution is 2.17. The van der Waals surface area contributed by atoms with E-state index in [1.54, 1.807) is 0 Å². The number of hydrogen-bond acceptors (Lipinski definition) is 6. The predicted octanol–water partition coefficient (Wildman–Crippen LogP) is 22.6. The number of ether oxygens (including phenoxy) is 3. The monoisotopic (exact) mass is 1080 g/mol. The van der Waals surface area contributed by atoms with Crippen LogP contribution in [0.2, 0.25) is 0 Å². The molecule has 1 atom stereocenters. The minimum Gasteiger partial charge on any atom is -0.462 e. The van der Waals surface area contributed by atoms with Gasteiger partial charge in [-0.3, -0.25) is 14.4 Å². The van der Waals surface area contributed by atoms with Crippen LogP contribution in [0.1, 0.15) is 310 Å². The maximum Gasteiger partial charge on any atom is 0.306 e. The summed E-state index contributed by atoms with van der Waals surface area (Å²) in [5.41, 5.74) is 0. The van der Waals surface area contributed by atoms with Crippen molar-refractivity contribution >= 4 is 17.9 Å². The molecule has 6 nitrogen and oxygen atoms in total. The second-order valence-corrected chi connectivity index (χ2v) is 21.7. The Bertz CT molecular complexity index is 1570. The van der Waals surface area contributed by atoms with E-state index in [2.05, 4.69) is 130 Å². The van der Waals surface area contributed by atoms with Crippen molar-refractivity contribution in [2.24, 2.45) is 0 Å². The zero-order valence-electron chi connectivity index (χ0n) is 51.2. The maximum absolute atomic E-state index is 12.8. The summed E-state index contributed by atoms with van der Waals surface area (Å²) in [5, 5.41) is 0. The fourth-order valence-electron chi connectivity index (χ4n) is 9.15. The molecular formula is C72H122O6. The smallest absolute Gasteiger partial charge is 0.306 e. The first kappa shape index (κ1) is 74.1. The summed E-state index contributed by atoms with van der Waals surface area (Å²) in [6.45, 7) is 6.42. The third-order valence-corrected chi connectivity index (χ3v) is 14.0. The minimum absolute atomic E-state index is 0.0954. The van der Waals surface area contributed by atoms with Crippen molar-refractivity contribution in [3.05, 3.63) is 109 Å². The van der Waals surface area contributed by atoms with Gasteiger partial charge in [-0.05, 0) is 83.5 Å². The number of carbonyl (C=O) groups is 3. The van der Waals surface area contributed by atoms with Gasteiger partial charge in [0.15, 0.2) is 6.10 Å². The molecule has 0 aromatic heterocycles. The molecule has 0 N–H and O–H groups in total. The Morgan fingerprint density at radius 2 is 0.500 bits per heavy atom. The van der Waals surface area contributed by atoms with Gasteiger partial charge in [-0.15, -0.1) is 0 Å². The Morgan fingerprint density at radius 1 is 0.269 bits per heavy atom. The van der Waals surface area contributed by atoms with E-state index in [1.807, 2.05) is 0 Å². The van der Waals surface area contributed by atoms with Crippen LogP contribution in [0.25, 0.3) is 0 Å². The van der Waals surface area contributed by atoms with Gasteiger partial charge in [0, 0.05) is 19.3 Å². The highest BCUT2D eigenvalue weighted by atomic mass is 16.6. The van der Waals surface area contributed by atoms with Crippen molar-refractivity contribution in [1.82, 2.24) is 0 Å². The first-order valence-corrected chi connectivity index (χ1v) is 32.9. The number of hydrogen-bond donors (Lipinski definition) is 0. The molecule has 0 radical (unpaired) electrons. The van der Waals surface area contributed by atoms with E-state index >= 15 is 0 Å². The summed E-state index contributed by atoms with van der Waals surface area (Å²) in [5.74, 6) is -0.964. The number of esters is 3. The van der Waals surface area contributed by atoms with E-state index < -0.39 is 6.10 Å². The summed E-state index contributed by atoms with van der Waals surface area (Å²) in [7, 11) is 0. The first-order chi connectivity index (χ1) is 38.5. The van der Waals surface area contributed by atoms with Crippen molar-refractivity contribution in [3.63, 3.8) is 0 Å². The van der Waals surface area contributed by atoms with Crippen LogP contribution in [0.4, 0.5) is 0 Å². The van der Waals surface area contributed by atoms with E-state index in [-0.39, 0.29) is 37.5 Å². The van der Waals surface area contributed by atoms with Gasteiger partial charge >= 0.3 is 17.9 Å². The van der Waals surface area contributed by atoms with Crippen LogP contribution in [-0.2, 0) is 28.6 Å². The summed E-state index contributed by atoms with van der Waals surface area (Å²) in [4.78, 5) is 37.9. The van der Waals surface area contributed by atoms with E-state index in [0.29, 0.717) is 19.3 Å². The second kappa shape index (κ2) is 65.6. The molecule has 6 heteroatoms. The molecule has 0 aliphatic carbocycles. The SMILES string of the molecule is CC/C=C\C/C=C\C/C=C\C/C=C\C/C=C\C/C=C\C/C=C\C/C=C\C/C=C\CCCC(=O)OCC(COC(=O)CCCCCCC)OC(=O)CCCCCCCCCCCCCCCCCCCCCCCCCCCC. The highest BCUT2D eigenvalue weighted by molar-refractivity contribution is 5.71. The molecule has 0 rings (SSSR count). The zero-order chi connectivity index (χ0) is 56.4. The van der Waals surface area contributed by atoms with Crippen molar-refractivity contribution in [2.75, 3.05) is 13.2 Å². The number of carbonyl (C=O) groups excluding carboxylic acids is 3. The van der Waals surface area contributed by atoms with Crippen LogP contribution in [0.3, 0.4) is 0 Å². The minimum atomic E-state index is -0.798. The standard InChI is InChI=1S/C72H122O6/c1-4-7-10-13-15-17-19-21-23-25-27-29-31-33-35-36-37-39-40-42-44-46-48-50-52-54-56-59-62-65-71(74)77-68-69(67-76-70(73)64-61-58-12-9-6-3)78-72(75)66-63-60-57-55-53-51-49-47-45-43-41-38-34-32-30-28-26-24-22-20-18-16-14-11-8-5-2/h7,10,15,17,21,23,27,29,33,35,37,39,42,44,48,50,54,56,69H,4-6,8-9,11-14,16,18-20,22,24-26,28,30-32,34,36,38,40-41,43,45-47,49,51-53,55,57-68H2,1-3H3/b10-7-,17-15-,23-21-,29-27-,35-33-,39-37-,44-42-,50-48-,56-54-. The molecule has 0 aliphatic rings. The Kier molecular flexibility index (Phi) is 62.3. The molecule has 0 amide bonds. The van der Waals surface area contributed by atoms with Gasteiger partial charge in [0.05, 0.1) is 0 Å². The highest BCUT2D eigenvalue weighted by Gasteiger charge is 2.19. The average Bonchev–Trinajstić information content (AvgIpc) is 3.44. The van der Waals surface area contributed by atoms with E-state index in [4.69, 9.17) is 14.2 Å². The van der Waals surface area contributed by atoms with Gasteiger partial charge in [-0.25, -0.2) is 0 Å². The molecule has 0 bridgehead atoms. The first-order valence-electron chi connectivity index (χ1n) is 32.9. The Hall–Kier alpha value is -3.93. The topological polar surface area (TPSA) is 78.9 Å². The van der Waals surface area contributed by atoms with Crippen LogP contribution in [0.5, 0.6) is 0 Å². The van der Waals surface area contributed by atoms with Crippen LogP contribution in [-0.4, -0.2) is 37.2 Å². The van der Waals surface area contributed by atoms with Crippen LogP contribution >= 0.6 is 0 Å². The molecule has 446 valence electrons. The summed E-state index contributed by atoms with van der Waals surface area (Å²) in [6.07, 6.45) is 90.2. The van der Waals surface area contributed by atoms with Crippen LogP contribution in [0.15, 0.2) is 109 Å². The molecular weight excluding hydrogens is 961 g/mol. The lowest BCUT2D eigenvalue weighted by Crippen LogP contribution is -2.30. The van der Waals surface area contributed by atoms with Crippen molar-refractivity contribution < 1.29 is 28.6 Å². The quantitative estimate of drug-likeness (QED) is 0.0261. The third-order valence-electron chi connectivity index (χ3n) is 14.0. The van der Waals surface area contributed by atoms with Crippen LogP contribution < -0.4 is 0 Å². The van der Waals surface area contributed by atoms with E-state index in [9.17, 15) is 14.4 Å². The molecule has 0 heterocycles. The van der Waals surface area contributed by atoms with E-state index in [1.165, 1.54) is 148 Å². The Balaban J connectivity index is 4.13. The van der Waals surface area contributed by atoms with Gasteiger partial charge in [-0.1, -0.05) is 316 Å². The van der Waals surface area contributed by atoms with Gasteiger partial charge in [0.25, 0.3) is 0 Å². The molecule has 1 unspecified atom stereocenters. The molecule has 0 fully saturated rings. The third kappa shape index (κ3) is 62.9. The number of allylic oxidation sites excluding steroid dienone is 18. The molecule has 0 aromatic rings. The fourth-order valence-corrected chi connectivity index (χ4v) is 9.15. The van der Waals surface area contributed by atoms with Gasteiger partial charge in [0.1, 0.15) is 13.2 Å². The van der Waals surface area contributed by atoms with Crippen molar-refractivity contribution in [1.29, 1.82) is 0 Å². The van der Waals surface area contributed by atoms with E-state index in [0.717, 1.165) is 116 Å². The normalized spacial score (nSPS) is 12.8.